The Labute approximate surface area is 164 Å². The minimum atomic E-state index is 0.0942. The third kappa shape index (κ3) is 7.04. The lowest BCUT2D eigenvalue weighted by atomic mass is 10.1. The SMILES string of the molecule is CCCCCCC(=O)N(CCCC)CC(=O)N(Cc1cccn1C)C1CC1. The van der Waals surface area contributed by atoms with E-state index in [2.05, 4.69) is 24.5 Å². The fourth-order valence-corrected chi connectivity index (χ4v) is 3.40. The highest BCUT2D eigenvalue weighted by Gasteiger charge is 2.34. The second-order valence-electron chi connectivity index (χ2n) is 7.84. The maximum Gasteiger partial charge on any atom is 0.242 e. The molecule has 5 nitrogen and oxygen atoms in total. The van der Waals surface area contributed by atoms with Crippen molar-refractivity contribution < 1.29 is 9.59 Å². The van der Waals surface area contributed by atoms with Gasteiger partial charge in [0.1, 0.15) is 0 Å². The van der Waals surface area contributed by atoms with Gasteiger partial charge in [-0.2, -0.15) is 0 Å². The van der Waals surface area contributed by atoms with Crippen LogP contribution in [0.15, 0.2) is 18.3 Å². The molecule has 0 saturated heterocycles. The molecule has 1 aromatic rings. The van der Waals surface area contributed by atoms with Gasteiger partial charge >= 0.3 is 0 Å². The van der Waals surface area contributed by atoms with Crippen LogP contribution in [-0.2, 0) is 23.2 Å². The molecule has 152 valence electrons. The summed E-state index contributed by atoms with van der Waals surface area (Å²) in [5.41, 5.74) is 1.14. The Morgan fingerprint density at radius 3 is 2.41 bits per heavy atom. The van der Waals surface area contributed by atoms with Crippen LogP contribution in [0.3, 0.4) is 0 Å². The van der Waals surface area contributed by atoms with Crippen molar-refractivity contribution in [3.63, 3.8) is 0 Å². The second-order valence-corrected chi connectivity index (χ2v) is 7.84. The summed E-state index contributed by atoms with van der Waals surface area (Å²) in [5, 5.41) is 0. The van der Waals surface area contributed by atoms with Crippen LogP contribution >= 0.6 is 0 Å². The Hall–Kier alpha value is -1.78. The molecule has 0 spiro atoms. The normalized spacial score (nSPS) is 13.6. The topological polar surface area (TPSA) is 45.6 Å². The van der Waals surface area contributed by atoms with E-state index in [1.165, 1.54) is 12.8 Å². The quantitative estimate of drug-likeness (QED) is 0.487. The summed E-state index contributed by atoms with van der Waals surface area (Å²) in [4.78, 5) is 29.5. The first-order chi connectivity index (χ1) is 13.1. The van der Waals surface area contributed by atoms with Gasteiger partial charge in [0, 0.05) is 37.9 Å². The molecule has 0 bridgehead atoms. The van der Waals surface area contributed by atoms with Crippen LogP contribution in [0.2, 0.25) is 0 Å². The van der Waals surface area contributed by atoms with Gasteiger partial charge in [-0.3, -0.25) is 9.59 Å². The summed E-state index contributed by atoms with van der Waals surface area (Å²) >= 11 is 0. The van der Waals surface area contributed by atoms with Gasteiger partial charge in [0.25, 0.3) is 0 Å². The van der Waals surface area contributed by atoms with Gasteiger partial charge in [-0.15, -0.1) is 0 Å². The number of hydrogen-bond acceptors (Lipinski definition) is 2. The van der Waals surface area contributed by atoms with Crippen LogP contribution in [0.5, 0.6) is 0 Å². The summed E-state index contributed by atoms with van der Waals surface area (Å²) in [6.07, 6.45) is 11.1. The van der Waals surface area contributed by atoms with Crippen molar-refractivity contribution in [2.24, 2.45) is 7.05 Å². The molecule has 1 fully saturated rings. The highest BCUT2D eigenvalue weighted by Crippen LogP contribution is 2.28. The standard InChI is InChI=1S/C22H37N3O2/c1-4-6-8-9-12-21(26)24(16-7-5-2)18-22(27)25(19-13-14-19)17-20-11-10-15-23(20)3/h10-11,15,19H,4-9,12-14,16-18H2,1-3H3. The number of hydrogen-bond donors (Lipinski definition) is 0. The van der Waals surface area contributed by atoms with E-state index in [1.54, 1.807) is 4.90 Å². The minimum Gasteiger partial charge on any atom is -0.353 e. The molecule has 0 atom stereocenters. The number of nitrogens with zero attached hydrogens (tertiary/aromatic N) is 3. The molecular formula is C22H37N3O2. The van der Waals surface area contributed by atoms with Crippen molar-refractivity contribution in [1.82, 2.24) is 14.4 Å². The fraction of sp³-hybridized carbons (Fsp3) is 0.727. The van der Waals surface area contributed by atoms with E-state index >= 15 is 0 Å². The third-order valence-corrected chi connectivity index (χ3v) is 5.40. The van der Waals surface area contributed by atoms with Crippen molar-refractivity contribution in [1.29, 1.82) is 0 Å². The largest absolute Gasteiger partial charge is 0.353 e. The first kappa shape index (κ1) is 21.5. The molecule has 0 N–H and O–H groups in total. The number of aromatic nitrogens is 1. The lowest BCUT2D eigenvalue weighted by molar-refractivity contribution is -0.141. The van der Waals surface area contributed by atoms with Gasteiger partial charge in [-0.05, 0) is 37.8 Å². The summed E-state index contributed by atoms with van der Waals surface area (Å²) in [6, 6.07) is 4.43. The smallest absolute Gasteiger partial charge is 0.242 e. The molecule has 0 aliphatic heterocycles. The predicted octanol–water partition coefficient (Wildman–Crippen LogP) is 4.12. The Bertz CT molecular complexity index is 592. The van der Waals surface area contributed by atoms with E-state index < -0.39 is 0 Å². The van der Waals surface area contributed by atoms with Gasteiger partial charge in [0.15, 0.2) is 0 Å². The molecule has 1 heterocycles. The van der Waals surface area contributed by atoms with Crippen molar-refractivity contribution in [3.05, 3.63) is 24.0 Å². The van der Waals surface area contributed by atoms with Crippen molar-refractivity contribution in [2.45, 2.75) is 84.2 Å². The van der Waals surface area contributed by atoms with E-state index in [4.69, 9.17) is 0 Å². The predicted molar refractivity (Wildman–Crippen MR) is 109 cm³/mol. The first-order valence-corrected chi connectivity index (χ1v) is 10.7. The summed E-state index contributed by atoms with van der Waals surface area (Å²) < 4.78 is 2.07. The lowest BCUT2D eigenvalue weighted by Gasteiger charge is -2.28. The van der Waals surface area contributed by atoms with Gasteiger partial charge in [-0.1, -0.05) is 39.5 Å². The van der Waals surface area contributed by atoms with E-state index in [0.29, 0.717) is 25.6 Å². The molecule has 0 aromatic carbocycles. The van der Waals surface area contributed by atoms with Crippen LogP contribution in [0.1, 0.15) is 77.3 Å². The number of unbranched alkanes of at least 4 members (excludes halogenated alkanes) is 4. The zero-order valence-corrected chi connectivity index (χ0v) is 17.5. The Balaban J connectivity index is 1.95. The lowest BCUT2D eigenvalue weighted by Crippen LogP contribution is -2.44. The van der Waals surface area contributed by atoms with E-state index in [0.717, 1.165) is 44.2 Å². The van der Waals surface area contributed by atoms with E-state index in [9.17, 15) is 9.59 Å². The Kier molecular flexibility index (Phi) is 8.89. The maximum atomic E-state index is 13.0. The summed E-state index contributed by atoms with van der Waals surface area (Å²) in [6.45, 7) is 5.86. The van der Waals surface area contributed by atoms with Crippen LogP contribution in [-0.4, -0.2) is 45.3 Å². The molecule has 5 heteroatoms. The number of aryl methyl sites for hydroxylation is 1. The molecule has 1 aliphatic carbocycles. The molecule has 27 heavy (non-hydrogen) atoms. The summed E-state index contributed by atoms with van der Waals surface area (Å²) in [5.74, 6) is 0.235. The number of rotatable bonds is 13. The average Bonchev–Trinajstić information content (AvgIpc) is 3.42. The van der Waals surface area contributed by atoms with Gasteiger partial charge in [0.2, 0.25) is 11.8 Å². The monoisotopic (exact) mass is 375 g/mol. The molecule has 1 aromatic heterocycles. The van der Waals surface area contributed by atoms with Crippen LogP contribution in [0, 0.1) is 0 Å². The Morgan fingerprint density at radius 1 is 1.07 bits per heavy atom. The zero-order chi connectivity index (χ0) is 19.6. The number of carbonyl (C=O) groups excluding carboxylic acids is 2. The molecule has 1 aliphatic rings. The van der Waals surface area contributed by atoms with Gasteiger partial charge in [0.05, 0.1) is 13.1 Å². The Morgan fingerprint density at radius 2 is 1.81 bits per heavy atom. The fourth-order valence-electron chi connectivity index (χ4n) is 3.40. The van der Waals surface area contributed by atoms with E-state index in [1.807, 2.05) is 24.2 Å². The molecule has 2 rings (SSSR count). The number of carbonyl (C=O) groups is 2. The van der Waals surface area contributed by atoms with Crippen molar-refractivity contribution >= 4 is 11.8 Å². The molecule has 2 amide bonds. The molecule has 0 radical (unpaired) electrons. The van der Waals surface area contributed by atoms with Crippen molar-refractivity contribution in [2.75, 3.05) is 13.1 Å². The third-order valence-electron chi connectivity index (χ3n) is 5.40. The van der Waals surface area contributed by atoms with Crippen molar-refractivity contribution in [3.8, 4) is 0 Å². The maximum absolute atomic E-state index is 13.0. The van der Waals surface area contributed by atoms with Crippen LogP contribution < -0.4 is 0 Å². The molecule has 0 unspecified atom stereocenters. The first-order valence-electron chi connectivity index (χ1n) is 10.7. The number of amides is 2. The molecular weight excluding hydrogens is 338 g/mol. The highest BCUT2D eigenvalue weighted by atomic mass is 16.2. The van der Waals surface area contributed by atoms with Crippen LogP contribution in [0.4, 0.5) is 0 Å². The highest BCUT2D eigenvalue weighted by molar-refractivity contribution is 5.85. The molecule has 1 saturated carbocycles. The summed E-state index contributed by atoms with van der Waals surface area (Å²) in [7, 11) is 2.01. The minimum absolute atomic E-state index is 0.0942. The van der Waals surface area contributed by atoms with Gasteiger partial charge in [-0.25, -0.2) is 0 Å². The van der Waals surface area contributed by atoms with E-state index in [-0.39, 0.29) is 18.4 Å². The van der Waals surface area contributed by atoms with Crippen LogP contribution in [0.25, 0.3) is 0 Å². The second kappa shape index (κ2) is 11.2. The van der Waals surface area contributed by atoms with Gasteiger partial charge < -0.3 is 14.4 Å². The average molecular weight is 376 g/mol. The zero-order valence-electron chi connectivity index (χ0n) is 17.5.